The molecular weight excluding hydrogens is 765 g/mol. The standard InChI is InChI=1S/C55H42N4O3/c1-52(2)44-30-35(18-25-46(44)58(5)54(52)33-56-50-42-13-9-7-11-39(42)23-27-48(50)61-54)15-20-38-21-17-37(32-60)29-41(38)22-16-36-19-26-47-45(31-36)53(3,4)55(59(47)6)34-57-51-43-14-10-8-12-40(43)24-28-49(51)62-55/h7-14,17-19,21,23-34H,1-6H3/t54-,55+/m0/s1. The average molecular weight is 807 g/mol. The Kier molecular flexibility index (Phi) is 7.96. The van der Waals surface area contributed by atoms with Gasteiger partial charge >= 0.3 is 0 Å². The number of benzene rings is 7. The Bertz CT molecular complexity index is 3300. The lowest BCUT2D eigenvalue weighted by Gasteiger charge is -2.45. The molecule has 300 valence electrons. The van der Waals surface area contributed by atoms with E-state index in [-0.39, 0.29) is 0 Å². The molecule has 62 heavy (non-hydrogen) atoms. The van der Waals surface area contributed by atoms with E-state index >= 15 is 0 Å². The van der Waals surface area contributed by atoms with Gasteiger partial charge in [0, 0.05) is 64.1 Å². The molecular formula is C55H42N4O3. The molecule has 0 saturated heterocycles. The average Bonchev–Trinajstić information content (AvgIpc) is 3.55. The van der Waals surface area contributed by atoms with Gasteiger partial charge in [0.2, 0.25) is 11.4 Å². The molecule has 0 aliphatic carbocycles. The predicted octanol–water partition coefficient (Wildman–Crippen LogP) is 11.0. The van der Waals surface area contributed by atoms with Crippen LogP contribution in [0.25, 0.3) is 21.5 Å². The van der Waals surface area contributed by atoms with E-state index in [9.17, 15) is 4.79 Å². The molecule has 7 nitrogen and oxygen atoms in total. The van der Waals surface area contributed by atoms with Crippen molar-refractivity contribution in [2.45, 2.75) is 50.0 Å². The third-order valence-corrected chi connectivity index (χ3v) is 13.7. The summed E-state index contributed by atoms with van der Waals surface area (Å²) in [7, 11) is 4.12. The maximum Gasteiger partial charge on any atom is 0.228 e. The number of rotatable bonds is 1. The fourth-order valence-electron chi connectivity index (χ4n) is 10.0. The molecule has 0 amide bonds. The minimum absolute atomic E-state index is 0.474. The fraction of sp³-hybridized carbons (Fsp3) is 0.182. The molecule has 2 atom stereocenters. The second-order valence-electron chi connectivity index (χ2n) is 17.6. The van der Waals surface area contributed by atoms with Gasteiger partial charge in [-0.3, -0.25) is 14.8 Å². The number of anilines is 2. The van der Waals surface area contributed by atoms with Gasteiger partial charge in [0.1, 0.15) is 29.2 Å². The normalized spacial score (nSPS) is 20.4. The SMILES string of the molecule is CN1c2ccc(C#Cc3cc(C=O)ccc3C#Cc3ccc4c(c3)C(C)(C)[C@@]3(C=Nc5c(ccc6ccccc56)O3)N4C)cc2C(C)(C)[C@]12C=Nc1c(ccc3ccccc13)O2. The fourth-order valence-corrected chi connectivity index (χ4v) is 10.0. The first kappa shape index (κ1) is 37.4. The number of hydrogen-bond donors (Lipinski definition) is 0. The number of carbonyl (C=O) groups is 1. The highest BCUT2D eigenvalue weighted by Gasteiger charge is 2.60. The lowest BCUT2D eigenvalue weighted by molar-refractivity contribution is 0.0826. The molecule has 4 aliphatic rings. The monoisotopic (exact) mass is 806 g/mol. The predicted molar refractivity (Wildman–Crippen MR) is 250 cm³/mol. The molecule has 0 saturated carbocycles. The number of nitrogens with zero attached hydrogens (tertiary/aromatic N) is 4. The molecule has 4 heterocycles. The summed E-state index contributed by atoms with van der Waals surface area (Å²) in [5.74, 6) is 15.1. The van der Waals surface area contributed by atoms with Gasteiger partial charge in [-0.25, -0.2) is 0 Å². The van der Waals surface area contributed by atoms with Gasteiger partial charge < -0.3 is 19.3 Å². The highest BCUT2D eigenvalue weighted by atomic mass is 16.5. The molecule has 4 aliphatic heterocycles. The lowest BCUT2D eigenvalue weighted by Crippen LogP contribution is -2.61. The van der Waals surface area contributed by atoms with Gasteiger partial charge in [-0.15, -0.1) is 0 Å². The van der Waals surface area contributed by atoms with Crippen LogP contribution in [0.5, 0.6) is 11.5 Å². The van der Waals surface area contributed by atoms with Crippen LogP contribution in [0.3, 0.4) is 0 Å². The second-order valence-corrected chi connectivity index (χ2v) is 17.6. The van der Waals surface area contributed by atoms with Crippen molar-refractivity contribution in [3.63, 3.8) is 0 Å². The molecule has 2 spiro atoms. The molecule has 0 aromatic heterocycles. The summed E-state index contributed by atoms with van der Waals surface area (Å²) in [4.78, 5) is 26.4. The molecule has 0 radical (unpaired) electrons. The molecule has 0 N–H and O–H groups in total. The smallest absolute Gasteiger partial charge is 0.228 e. The molecule has 7 heteroatoms. The third-order valence-electron chi connectivity index (χ3n) is 13.7. The van der Waals surface area contributed by atoms with Crippen molar-refractivity contribution in [3.8, 4) is 35.2 Å². The number of hydrogen-bond acceptors (Lipinski definition) is 7. The van der Waals surface area contributed by atoms with Gasteiger partial charge in [0.15, 0.2) is 0 Å². The van der Waals surface area contributed by atoms with Crippen molar-refractivity contribution < 1.29 is 14.3 Å². The zero-order valence-corrected chi connectivity index (χ0v) is 35.4. The molecule has 0 fully saturated rings. The Morgan fingerprint density at radius 3 is 1.52 bits per heavy atom. The zero-order valence-electron chi connectivity index (χ0n) is 35.4. The maximum atomic E-state index is 12.0. The minimum atomic E-state index is -0.835. The van der Waals surface area contributed by atoms with Crippen LogP contribution in [0.4, 0.5) is 22.7 Å². The summed E-state index contributed by atoms with van der Waals surface area (Å²) >= 11 is 0. The van der Waals surface area contributed by atoms with E-state index in [2.05, 4.69) is 136 Å². The molecule has 7 aromatic rings. The van der Waals surface area contributed by atoms with E-state index < -0.39 is 22.3 Å². The van der Waals surface area contributed by atoms with Crippen molar-refractivity contribution in [2.24, 2.45) is 9.98 Å². The zero-order chi connectivity index (χ0) is 42.6. The Hall–Kier alpha value is -7.61. The van der Waals surface area contributed by atoms with Gasteiger partial charge in [0.25, 0.3) is 0 Å². The van der Waals surface area contributed by atoms with Crippen molar-refractivity contribution in [1.29, 1.82) is 0 Å². The van der Waals surface area contributed by atoms with E-state index in [1.165, 1.54) is 0 Å². The summed E-state index contributed by atoms with van der Waals surface area (Å²) in [6.07, 6.45) is 4.76. The number of aliphatic imine (C=N–C) groups is 2. The third kappa shape index (κ3) is 5.18. The van der Waals surface area contributed by atoms with Crippen molar-refractivity contribution >= 4 is 63.0 Å². The van der Waals surface area contributed by atoms with E-state index in [4.69, 9.17) is 19.5 Å². The molecule has 7 aromatic carbocycles. The largest absolute Gasteiger partial charge is 0.459 e. The van der Waals surface area contributed by atoms with Crippen LogP contribution in [-0.2, 0) is 10.8 Å². The Balaban J connectivity index is 0.895. The number of aldehydes is 1. The first-order valence-electron chi connectivity index (χ1n) is 20.9. The summed E-state index contributed by atoms with van der Waals surface area (Å²) in [5.41, 5.74) is 7.10. The van der Waals surface area contributed by atoms with Crippen LogP contribution in [0.1, 0.15) is 71.4 Å². The minimum Gasteiger partial charge on any atom is -0.459 e. The van der Waals surface area contributed by atoms with Crippen LogP contribution < -0.4 is 19.3 Å². The van der Waals surface area contributed by atoms with Crippen molar-refractivity contribution in [2.75, 3.05) is 23.9 Å². The topological polar surface area (TPSA) is 66.7 Å². The van der Waals surface area contributed by atoms with Crippen molar-refractivity contribution in [1.82, 2.24) is 0 Å². The summed E-state index contributed by atoms with van der Waals surface area (Å²) in [6, 6.07) is 42.8. The van der Waals surface area contributed by atoms with Gasteiger partial charge in [-0.05, 0) is 110 Å². The number of likely N-dealkylation sites (N-methyl/N-ethyl adjacent to an activating group) is 2. The van der Waals surface area contributed by atoms with Crippen LogP contribution in [0.15, 0.2) is 137 Å². The quantitative estimate of drug-likeness (QED) is 0.122. The van der Waals surface area contributed by atoms with E-state index in [0.29, 0.717) is 11.1 Å². The van der Waals surface area contributed by atoms with E-state index in [0.717, 1.165) is 89.9 Å². The Morgan fingerprint density at radius 2 is 1.02 bits per heavy atom. The maximum absolute atomic E-state index is 12.0. The van der Waals surface area contributed by atoms with E-state index in [1.807, 2.05) is 73.1 Å². The molecule has 11 rings (SSSR count). The molecule has 0 unspecified atom stereocenters. The number of fused-ring (bicyclic) bond motifs is 8. The van der Waals surface area contributed by atoms with Gasteiger partial charge in [-0.1, -0.05) is 90.4 Å². The highest BCUT2D eigenvalue weighted by molar-refractivity contribution is 6.01. The highest BCUT2D eigenvalue weighted by Crippen LogP contribution is 2.56. The number of ether oxygens (including phenoxy) is 2. The summed E-state index contributed by atoms with van der Waals surface area (Å²) in [6.45, 7) is 8.79. The van der Waals surface area contributed by atoms with Crippen LogP contribution in [0, 0.1) is 23.7 Å². The first-order valence-corrected chi connectivity index (χ1v) is 20.9. The van der Waals surface area contributed by atoms with Crippen molar-refractivity contribution in [3.05, 3.63) is 166 Å². The first-order chi connectivity index (χ1) is 29.9. The van der Waals surface area contributed by atoms with Gasteiger partial charge in [0.05, 0.1) is 23.3 Å². The van der Waals surface area contributed by atoms with Gasteiger partial charge in [-0.2, -0.15) is 0 Å². The Labute approximate surface area is 361 Å². The summed E-state index contributed by atoms with van der Waals surface area (Å²) in [5, 5.41) is 4.39. The van der Waals surface area contributed by atoms with Crippen LogP contribution in [-0.4, -0.2) is 44.3 Å². The van der Waals surface area contributed by atoms with Crippen LogP contribution >= 0.6 is 0 Å². The Morgan fingerprint density at radius 1 is 0.532 bits per heavy atom. The lowest BCUT2D eigenvalue weighted by atomic mass is 9.77. The van der Waals surface area contributed by atoms with E-state index in [1.54, 1.807) is 6.07 Å². The number of carbonyl (C=O) groups excluding carboxylic acids is 1. The second kappa shape index (κ2) is 13.2. The van der Waals surface area contributed by atoms with Crippen LogP contribution in [0.2, 0.25) is 0 Å². The molecule has 0 bridgehead atoms. The summed E-state index contributed by atoms with van der Waals surface area (Å²) < 4.78 is 13.9.